The van der Waals surface area contributed by atoms with Crippen LogP contribution in [0.1, 0.15) is 41.7 Å². The van der Waals surface area contributed by atoms with Gasteiger partial charge in [0, 0.05) is 19.2 Å². The minimum atomic E-state index is -3.74. The third-order valence-corrected chi connectivity index (χ3v) is 6.08. The number of carbonyl (C=O) groups is 1. The van der Waals surface area contributed by atoms with E-state index in [1.165, 1.54) is 12.1 Å². The van der Waals surface area contributed by atoms with Crippen molar-refractivity contribution in [1.82, 2.24) is 4.90 Å². The molecular weight excluding hydrogens is 392 g/mol. The Labute approximate surface area is 171 Å². The maximum absolute atomic E-state index is 12.8. The van der Waals surface area contributed by atoms with E-state index < -0.39 is 10.0 Å². The number of hydrogen-bond donors (Lipinski definition) is 1. The van der Waals surface area contributed by atoms with Gasteiger partial charge in [0.05, 0.1) is 17.0 Å². The highest BCUT2D eigenvalue weighted by atomic mass is 32.2. The summed E-state index contributed by atoms with van der Waals surface area (Å²) in [4.78, 5) is 14.5. The molecule has 1 amide bonds. The van der Waals surface area contributed by atoms with Gasteiger partial charge in [-0.2, -0.15) is 0 Å². The zero-order chi connectivity index (χ0) is 21.0. The molecule has 0 aliphatic carbocycles. The summed E-state index contributed by atoms with van der Waals surface area (Å²) in [6, 6.07) is 13.0. The van der Waals surface area contributed by atoms with E-state index in [0.29, 0.717) is 17.9 Å². The van der Waals surface area contributed by atoms with Gasteiger partial charge in [0.15, 0.2) is 0 Å². The Bertz CT molecular complexity index is 936. The highest BCUT2D eigenvalue weighted by molar-refractivity contribution is 7.89. The number of carbonyl (C=O) groups excluding carboxylic acids is 1. The number of sulfonamides is 1. The number of nitrogens with zero attached hydrogens (tertiary/aromatic N) is 1. The third-order valence-electron chi connectivity index (χ3n) is 5.15. The van der Waals surface area contributed by atoms with E-state index in [9.17, 15) is 13.2 Å². The topological polar surface area (TPSA) is 98.9 Å². The molecule has 3 rings (SSSR count). The molecule has 8 heteroatoms. The lowest BCUT2D eigenvalue weighted by Gasteiger charge is -2.25. The first-order chi connectivity index (χ1) is 13.8. The van der Waals surface area contributed by atoms with Crippen molar-refractivity contribution >= 4 is 15.9 Å². The molecule has 1 fully saturated rings. The molecule has 0 bridgehead atoms. The molecule has 1 aliphatic heterocycles. The first-order valence-electron chi connectivity index (χ1n) is 9.50. The van der Waals surface area contributed by atoms with Crippen LogP contribution in [0.15, 0.2) is 53.4 Å². The van der Waals surface area contributed by atoms with Crippen LogP contribution in [0.3, 0.4) is 0 Å². The molecule has 0 saturated carbocycles. The van der Waals surface area contributed by atoms with Crippen LogP contribution in [0, 0.1) is 0 Å². The zero-order valence-electron chi connectivity index (χ0n) is 16.6. The molecule has 29 heavy (non-hydrogen) atoms. The molecule has 156 valence electrons. The molecule has 0 radical (unpaired) electrons. The van der Waals surface area contributed by atoms with Crippen molar-refractivity contribution in [2.45, 2.75) is 36.8 Å². The highest BCUT2D eigenvalue weighted by Gasteiger charge is 2.20. The van der Waals surface area contributed by atoms with Crippen molar-refractivity contribution in [3.05, 3.63) is 59.7 Å². The van der Waals surface area contributed by atoms with Gasteiger partial charge in [0.2, 0.25) is 10.0 Å². The van der Waals surface area contributed by atoms with Crippen LogP contribution in [-0.4, -0.2) is 45.6 Å². The number of ether oxygens (including phenoxy) is 2. The standard InChI is InChI=1S/C21H26N2O5S/c1-15(16-7-11-20(12-8-16)29(22,25)26)23(2)21(24)17-5-9-18(10-6-17)28-14-19-4-3-13-27-19/h5-12,15,19H,3-4,13-14H2,1-2H3,(H2,22,25,26). The number of rotatable bonds is 7. The van der Waals surface area contributed by atoms with Crippen LogP contribution < -0.4 is 9.88 Å². The van der Waals surface area contributed by atoms with Gasteiger partial charge in [-0.05, 0) is 61.7 Å². The van der Waals surface area contributed by atoms with Gasteiger partial charge in [-0.3, -0.25) is 4.79 Å². The fourth-order valence-electron chi connectivity index (χ4n) is 3.20. The van der Waals surface area contributed by atoms with Crippen molar-refractivity contribution in [3.8, 4) is 5.75 Å². The van der Waals surface area contributed by atoms with E-state index in [-0.39, 0.29) is 22.9 Å². The van der Waals surface area contributed by atoms with Crippen LogP contribution >= 0.6 is 0 Å². The van der Waals surface area contributed by atoms with E-state index in [1.54, 1.807) is 48.3 Å². The number of primary sulfonamides is 1. The molecule has 1 aliphatic rings. The summed E-state index contributed by atoms with van der Waals surface area (Å²) in [5.74, 6) is 0.560. The third kappa shape index (κ3) is 5.35. The lowest BCUT2D eigenvalue weighted by Crippen LogP contribution is -2.29. The van der Waals surface area contributed by atoms with E-state index >= 15 is 0 Å². The molecule has 2 unspecified atom stereocenters. The molecule has 2 atom stereocenters. The van der Waals surface area contributed by atoms with Gasteiger partial charge in [-0.15, -0.1) is 0 Å². The molecule has 2 aromatic rings. The maximum Gasteiger partial charge on any atom is 0.254 e. The van der Waals surface area contributed by atoms with Crippen molar-refractivity contribution in [2.24, 2.45) is 5.14 Å². The van der Waals surface area contributed by atoms with Gasteiger partial charge >= 0.3 is 0 Å². The largest absolute Gasteiger partial charge is 0.491 e. The maximum atomic E-state index is 12.8. The first kappa shape index (κ1) is 21.3. The van der Waals surface area contributed by atoms with E-state index in [2.05, 4.69) is 0 Å². The predicted molar refractivity (Wildman–Crippen MR) is 109 cm³/mol. The van der Waals surface area contributed by atoms with Crippen LogP contribution in [0.5, 0.6) is 5.75 Å². The number of benzene rings is 2. The summed E-state index contributed by atoms with van der Waals surface area (Å²) < 4.78 is 34.0. The Morgan fingerprint density at radius 2 is 1.86 bits per heavy atom. The minimum absolute atomic E-state index is 0.0426. The number of amides is 1. The van der Waals surface area contributed by atoms with Crippen molar-refractivity contribution in [2.75, 3.05) is 20.3 Å². The van der Waals surface area contributed by atoms with Gasteiger partial charge < -0.3 is 14.4 Å². The normalized spacial score (nSPS) is 17.7. The number of nitrogens with two attached hydrogens (primary N) is 1. The second-order valence-electron chi connectivity index (χ2n) is 7.18. The fraction of sp³-hybridized carbons (Fsp3) is 0.381. The van der Waals surface area contributed by atoms with E-state index in [0.717, 1.165) is 25.0 Å². The van der Waals surface area contributed by atoms with Gasteiger partial charge in [-0.25, -0.2) is 13.6 Å². The monoisotopic (exact) mass is 418 g/mol. The molecule has 7 nitrogen and oxygen atoms in total. The highest BCUT2D eigenvalue weighted by Crippen LogP contribution is 2.23. The SMILES string of the molecule is CC(c1ccc(S(N)(=O)=O)cc1)N(C)C(=O)c1ccc(OCC2CCCO2)cc1. The summed E-state index contributed by atoms with van der Waals surface area (Å²) in [6.45, 7) is 3.18. The first-order valence-corrected chi connectivity index (χ1v) is 11.0. The van der Waals surface area contributed by atoms with Crippen LogP contribution in [0.2, 0.25) is 0 Å². The van der Waals surface area contributed by atoms with Crippen LogP contribution in [0.4, 0.5) is 0 Å². The Balaban J connectivity index is 1.62. The van der Waals surface area contributed by atoms with Gasteiger partial charge in [-0.1, -0.05) is 12.1 Å². The molecule has 1 saturated heterocycles. The molecule has 2 aromatic carbocycles. The van der Waals surface area contributed by atoms with Crippen molar-refractivity contribution < 1.29 is 22.7 Å². The summed E-state index contributed by atoms with van der Waals surface area (Å²) in [5, 5.41) is 5.13. The molecule has 0 spiro atoms. The van der Waals surface area contributed by atoms with Gasteiger partial charge in [0.25, 0.3) is 5.91 Å². The quantitative estimate of drug-likeness (QED) is 0.745. The predicted octanol–water partition coefficient (Wildman–Crippen LogP) is 2.73. The summed E-state index contributed by atoms with van der Waals surface area (Å²) in [5.41, 5.74) is 1.36. The molecule has 2 N–H and O–H groups in total. The minimum Gasteiger partial charge on any atom is -0.491 e. The molecule has 1 heterocycles. The number of hydrogen-bond acceptors (Lipinski definition) is 5. The fourth-order valence-corrected chi connectivity index (χ4v) is 3.71. The average Bonchev–Trinajstić information content (AvgIpc) is 3.24. The van der Waals surface area contributed by atoms with Crippen LogP contribution in [-0.2, 0) is 14.8 Å². The zero-order valence-corrected chi connectivity index (χ0v) is 17.4. The lowest BCUT2D eigenvalue weighted by atomic mass is 10.1. The lowest BCUT2D eigenvalue weighted by molar-refractivity contribution is 0.0678. The second-order valence-corrected chi connectivity index (χ2v) is 8.74. The Morgan fingerprint density at radius 3 is 2.41 bits per heavy atom. The molecular formula is C21H26N2O5S. The molecule has 0 aromatic heterocycles. The Kier molecular flexibility index (Phi) is 6.56. The Morgan fingerprint density at radius 1 is 1.21 bits per heavy atom. The van der Waals surface area contributed by atoms with Crippen molar-refractivity contribution in [3.63, 3.8) is 0 Å². The van der Waals surface area contributed by atoms with Crippen LogP contribution in [0.25, 0.3) is 0 Å². The Hall–Kier alpha value is -2.42. The second kappa shape index (κ2) is 8.94. The van der Waals surface area contributed by atoms with Gasteiger partial charge in [0.1, 0.15) is 12.4 Å². The summed E-state index contributed by atoms with van der Waals surface area (Å²) >= 11 is 0. The van der Waals surface area contributed by atoms with E-state index in [4.69, 9.17) is 14.6 Å². The smallest absolute Gasteiger partial charge is 0.254 e. The average molecular weight is 419 g/mol. The van der Waals surface area contributed by atoms with E-state index in [1.807, 2.05) is 6.92 Å². The van der Waals surface area contributed by atoms with Crippen molar-refractivity contribution in [1.29, 1.82) is 0 Å². The summed E-state index contributed by atoms with van der Waals surface area (Å²) in [6.07, 6.45) is 2.22. The summed E-state index contributed by atoms with van der Waals surface area (Å²) in [7, 11) is -2.03.